The van der Waals surface area contributed by atoms with E-state index in [1.807, 2.05) is 0 Å². The molecule has 0 saturated carbocycles. The molecule has 0 aromatic carbocycles. The number of aliphatic carboxylic acids is 1. The van der Waals surface area contributed by atoms with Crippen molar-refractivity contribution in [1.82, 2.24) is 9.55 Å². The van der Waals surface area contributed by atoms with Crippen LogP contribution in [-0.2, 0) is 11.3 Å². The monoisotopic (exact) mass is 210 g/mol. The minimum Gasteiger partial charge on any atom is -0.478 e. The van der Waals surface area contributed by atoms with E-state index in [9.17, 15) is 14.4 Å². The molecule has 1 heterocycles. The van der Waals surface area contributed by atoms with E-state index >= 15 is 0 Å². The fraction of sp³-hybridized carbons (Fsp3) is 0.222. The summed E-state index contributed by atoms with van der Waals surface area (Å²) in [6.07, 6.45) is 2.33. The van der Waals surface area contributed by atoms with Crippen molar-refractivity contribution in [1.29, 1.82) is 0 Å². The summed E-state index contributed by atoms with van der Waals surface area (Å²) in [4.78, 5) is 34.3. The summed E-state index contributed by atoms with van der Waals surface area (Å²) < 4.78 is 1.22. The van der Waals surface area contributed by atoms with E-state index in [0.29, 0.717) is 5.57 Å². The number of aromatic nitrogens is 2. The van der Waals surface area contributed by atoms with Gasteiger partial charge in [0.15, 0.2) is 0 Å². The van der Waals surface area contributed by atoms with Gasteiger partial charge in [-0.3, -0.25) is 14.3 Å². The average molecular weight is 210 g/mol. The maximum absolute atomic E-state index is 11.2. The summed E-state index contributed by atoms with van der Waals surface area (Å²) in [7, 11) is 0. The second-order valence-electron chi connectivity index (χ2n) is 3.07. The Morgan fingerprint density at radius 1 is 1.60 bits per heavy atom. The van der Waals surface area contributed by atoms with E-state index in [4.69, 9.17) is 5.11 Å². The van der Waals surface area contributed by atoms with Crippen molar-refractivity contribution in [2.24, 2.45) is 0 Å². The van der Waals surface area contributed by atoms with Crippen molar-refractivity contribution < 1.29 is 9.90 Å². The Morgan fingerprint density at radius 2 is 2.27 bits per heavy atom. The lowest BCUT2D eigenvalue weighted by Gasteiger charge is -2.03. The van der Waals surface area contributed by atoms with Gasteiger partial charge in [-0.15, -0.1) is 0 Å². The van der Waals surface area contributed by atoms with Gasteiger partial charge >= 0.3 is 11.7 Å². The molecule has 1 aromatic rings. The molecule has 0 amide bonds. The largest absolute Gasteiger partial charge is 0.478 e. The number of aromatic amines is 1. The number of carboxylic acids is 1. The van der Waals surface area contributed by atoms with Gasteiger partial charge in [0.05, 0.1) is 0 Å². The third-order valence-electron chi connectivity index (χ3n) is 1.69. The van der Waals surface area contributed by atoms with Crippen LogP contribution < -0.4 is 11.2 Å². The molecule has 80 valence electrons. The zero-order chi connectivity index (χ0) is 11.4. The van der Waals surface area contributed by atoms with Gasteiger partial charge < -0.3 is 5.11 Å². The number of carboxylic acid groups (broad SMARTS) is 1. The number of carbonyl (C=O) groups is 1. The van der Waals surface area contributed by atoms with Crippen LogP contribution in [-0.4, -0.2) is 20.6 Å². The molecule has 15 heavy (non-hydrogen) atoms. The molecule has 0 atom stereocenters. The van der Waals surface area contributed by atoms with Gasteiger partial charge in [0.2, 0.25) is 0 Å². The lowest BCUT2D eigenvalue weighted by atomic mass is 10.3. The zero-order valence-corrected chi connectivity index (χ0v) is 8.06. The van der Waals surface area contributed by atoms with Gasteiger partial charge in [0.1, 0.15) is 0 Å². The lowest BCUT2D eigenvalue weighted by Crippen LogP contribution is -2.28. The second kappa shape index (κ2) is 4.41. The fourth-order valence-electron chi connectivity index (χ4n) is 1.09. The van der Waals surface area contributed by atoms with Crippen LogP contribution >= 0.6 is 0 Å². The number of nitrogens with one attached hydrogen (secondary N) is 1. The molecule has 0 spiro atoms. The minimum absolute atomic E-state index is 0.141. The topological polar surface area (TPSA) is 92.2 Å². The Morgan fingerprint density at radius 3 is 2.80 bits per heavy atom. The van der Waals surface area contributed by atoms with E-state index in [0.717, 1.165) is 6.08 Å². The van der Waals surface area contributed by atoms with Crippen molar-refractivity contribution >= 4 is 5.97 Å². The Kier molecular flexibility index (Phi) is 3.22. The molecule has 2 N–H and O–H groups in total. The lowest BCUT2D eigenvalue weighted by molar-refractivity contribution is -0.131. The smallest absolute Gasteiger partial charge is 0.328 e. The molecule has 0 radical (unpaired) electrons. The Hall–Kier alpha value is -2.11. The first kappa shape index (κ1) is 11.0. The minimum atomic E-state index is -1.06. The maximum Gasteiger partial charge on any atom is 0.328 e. The SMILES string of the molecule is CC(=CC(=O)O)Cn1ccc(=O)[nH]c1=O. The van der Waals surface area contributed by atoms with E-state index in [2.05, 4.69) is 4.98 Å². The highest BCUT2D eigenvalue weighted by molar-refractivity contribution is 5.80. The number of hydrogen-bond donors (Lipinski definition) is 2. The predicted octanol–water partition coefficient (Wildman–Crippen LogP) is -0.432. The van der Waals surface area contributed by atoms with Crippen LogP contribution in [0.1, 0.15) is 6.92 Å². The second-order valence-corrected chi connectivity index (χ2v) is 3.07. The standard InChI is InChI=1S/C9H10N2O4/c1-6(4-8(13)14)5-11-3-2-7(12)10-9(11)15/h2-4H,5H2,1H3,(H,13,14)(H,10,12,15). The van der Waals surface area contributed by atoms with Gasteiger partial charge in [-0.05, 0) is 12.5 Å². The summed E-state index contributed by atoms with van der Waals surface area (Å²) in [5.74, 6) is -1.06. The van der Waals surface area contributed by atoms with Crippen LogP contribution in [0.3, 0.4) is 0 Å². The van der Waals surface area contributed by atoms with Gasteiger partial charge in [-0.25, -0.2) is 9.59 Å². The van der Waals surface area contributed by atoms with E-state index < -0.39 is 17.2 Å². The number of nitrogens with zero attached hydrogens (tertiary/aromatic N) is 1. The van der Waals surface area contributed by atoms with Crippen molar-refractivity contribution in [3.05, 3.63) is 44.8 Å². The van der Waals surface area contributed by atoms with Crippen molar-refractivity contribution in [3.8, 4) is 0 Å². The van der Waals surface area contributed by atoms with Gasteiger partial charge in [-0.1, -0.05) is 0 Å². The molecule has 0 aliphatic carbocycles. The van der Waals surface area contributed by atoms with Crippen LogP contribution in [0, 0.1) is 0 Å². The first-order valence-corrected chi connectivity index (χ1v) is 4.19. The quantitative estimate of drug-likeness (QED) is 0.662. The number of hydrogen-bond acceptors (Lipinski definition) is 3. The molecule has 0 bridgehead atoms. The highest BCUT2D eigenvalue weighted by Crippen LogP contribution is 1.94. The Balaban J connectivity index is 2.96. The van der Waals surface area contributed by atoms with Crippen LogP contribution in [0.25, 0.3) is 0 Å². The first-order chi connectivity index (χ1) is 6.99. The van der Waals surface area contributed by atoms with Gasteiger partial charge in [0.25, 0.3) is 5.56 Å². The summed E-state index contributed by atoms with van der Waals surface area (Å²) >= 11 is 0. The van der Waals surface area contributed by atoms with Crippen molar-refractivity contribution in [2.45, 2.75) is 13.5 Å². The summed E-state index contributed by atoms with van der Waals surface area (Å²) in [5.41, 5.74) is -0.520. The van der Waals surface area contributed by atoms with Gasteiger partial charge in [-0.2, -0.15) is 0 Å². The zero-order valence-electron chi connectivity index (χ0n) is 8.06. The molecule has 1 aromatic heterocycles. The predicted molar refractivity (Wildman–Crippen MR) is 52.7 cm³/mol. The molecule has 6 heteroatoms. The highest BCUT2D eigenvalue weighted by atomic mass is 16.4. The first-order valence-electron chi connectivity index (χ1n) is 4.19. The van der Waals surface area contributed by atoms with Crippen LogP contribution in [0.2, 0.25) is 0 Å². The molecule has 0 aliphatic heterocycles. The third kappa shape index (κ3) is 3.26. The van der Waals surface area contributed by atoms with E-state index in [1.54, 1.807) is 6.92 Å². The molecule has 6 nitrogen and oxygen atoms in total. The summed E-state index contributed by atoms with van der Waals surface area (Å²) in [6, 6.07) is 1.20. The van der Waals surface area contributed by atoms with Gasteiger partial charge in [0, 0.05) is 24.9 Å². The summed E-state index contributed by atoms with van der Waals surface area (Å²) in [6.45, 7) is 1.73. The molecule has 1 rings (SSSR count). The Labute approximate surface area is 84.5 Å². The van der Waals surface area contributed by atoms with E-state index in [-0.39, 0.29) is 6.54 Å². The van der Waals surface area contributed by atoms with Crippen molar-refractivity contribution in [2.75, 3.05) is 0 Å². The number of H-pyrrole nitrogens is 1. The third-order valence-corrected chi connectivity index (χ3v) is 1.69. The van der Waals surface area contributed by atoms with E-state index in [1.165, 1.54) is 16.8 Å². The number of allylic oxidation sites excluding steroid dienone is 1. The van der Waals surface area contributed by atoms with Crippen LogP contribution in [0.4, 0.5) is 0 Å². The van der Waals surface area contributed by atoms with Crippen molar-refractivity contribution in [3.63, 3.8) is 0 Å². The normalized spacial score (nSPS) is 11.4. The molecule has 0 saturated heterocycles. The highest BCUT2D eigenvalue weighted by Gasteiger charge is 1.99. The molecule has 0 fully saturated rings. The molecule has 0 unspecified atom stereocenters. The average Bonchev–Trinajstić information content (AvgIpc) is 2.08. The Bertz CT molecular complexity index is 509. The maximum atomic E-state index is 11.2. The van der Waals surface area contributed by atoms with Crippen LogP contribution in [0.15, 0.2) is 33.5 Å². The molecular formula is C9H10N2O4. The molecule has 0 aliphatic rings. The fourth-order valence-corrected chi connectivity index (χ4v) is 1.09. The van der Waals surface area contributed by atoms with Crippen LogP contribution in [0.5, 0.6) is 0 Å². The summed E-state index contributed by atoms with van der Waals surface area (Å²) in [5, 5.41) is 8.45. The number of rotatable bonds is 3. The molecular weight excluding hydrogens is 200 g/mol.